The van der Waals surface area contributed by atoms with E-state index in [2.05, 4.69) is 5.32 Å². The number of carbonyl (C=O) groups excluding carboxylic acids is 3. The van der Waals surface area contributed by atoms with E-state index in [9.17, 15) is 14.4 Å². The highest BCUT2D eigenvalue weighted by Gasteiger charge is 2.09. The minimum absolute atomic E-state index is 0.0552. The van der Waals surface area contributed by atoms with E-state index >= 15 is 0 Å². The second kappa shape index (κ2) is 8.63. The topological polar surface area (TPSA) is 81.7 Å². The highest BCUT2D eigenvalue weighted by Crippen LogP contribution is 2.12. The van der Waals surface area contributed by atoms with Crippen molar-refractivity contribution in [2.75, 3.05) is 18.5 Å². The molecule has 2 aromatic rings. The summed E-state index contributed by atoms with van der Waals surface area (Å²) >= 11 is 0. The van der Waals surface area contributed by atoms with Crippen molar-refractivity contribution < 1.29 is 23.9 Å². The van der Waals surface area contributed by atoms with Crippen molar-refractivity contribution in [1.29, 1.82) is 0 Å². The third-order valence-corrected chi connectivity index (χ3v) is 3.29. The zero-order valence-corrected chi connectivity index (χ0v) is 14.1. The van der Waals surface area contributed by atoms with Crippen LogP contribution >= 0.6 is 0 Å². The second-order valence-electron chi connectivity index (χ2n) is 5.45. The first-order chi connectivity index (χ1) is 11.9. The molecule has 6 heteroatoms. The zero-order valence-electron chi connectivity index (χ0n) is 14.1. The van der Waals surface area contributed by atoms with Gasteiger partial charge in [-0.05, 0) is 55.8 Å². The molecule has 1 amide bonds. The van der Waals surface area contributed by atoms with E-state index in [0.717, 1.165) is 5.56 Å². The van der Waals surface area contributed by atoms with Crippen LogP contribution < -0.4 is 10.1 Å². The Labute approximate surface area is 145 Å². The summed E-state index contributed by atoms with van der Waals surface area (Å²) in [6.07, 6.45) is 0. The molecule has 6 nitrogen and oxygen atoms in total. The quantitative estimate of drug-likeness (QED) is 0.618. The van der Waals surface area contributed by atoms with Gasteiger partial charge in [-0.25, -0.2) is 4.79 Å². The molecule has 0 heterocycles. The SMILES string of the molecule is CC(=O)c1ccc(NC(=O)COC(=O)COc2cccc(C)c2)cc1. The molecular weight excluding hydrogens is 322 g/mol. The minimum atomic E-state index is -0.636. The highest BCUT2D eigenvalue weighted by molar-refractivity contribution is 5.96. The number of amides is 1. The third-order valence-electron chi connectivity index (χ3n) is 3.29. The number of aryl methyl sites for hydroxylation is 1. The van der Waals surface area contributed by atoms with Crippen LogP contribution in [0.15, 0.2) is 48.5 Å². The number of benzene rings is 2. The van der Waals surface area contributed by atoms with Gasteiger partial charge in [-0.3, -0.25) is 9.59 Å². The van der Waals surface area contributed by atoms with E-state index in [-0.39, 0.29) is 12.4 Å². The maximum Gasteiger partial charge on any atom is 0.344 e. The summed E-state index contributed by atoms with van der Waals surface area (Å²) in [6, 6.07) is 13.7. The molecule has 2 aromatic carbocycles. The van der Waals surface area contributed by atoms with Gasteiger partial charge < -0.3 is 14.8 Å². The average Bonchev–Trinajstić information content (AvgIpc) is 2.58. The smallest absolute Gasteiger partial charge is 0.344 e. The Hall–Kier alpha value is -3.15. The molecule has 0 spiro atoms. The number of ether oxygens (including phenoxy) is 2. The first kappa shape index (κ1) is 18.2. The minimum Gasteiger partial charge on any atom is -0.482 e. The second-order valence-corrected chi connectivity index (χ2v) is 5.45. The Kier molecular flexibility index (Phi) is 6.28. The average molecular weight is 341 g/mol. The van der Waals surface area contributed by atoms with Gasteiger partial charge in [0.15, 0.2) is 19.0 Å². The van der Waals surface area contributed by atoms with Crippen LogP contribution in [-0.4, -0.2) is 30.9 Å². The van der Waals surface area contributed by atoms with Crippen LogP contribution in [0.25, 0.3) is 0 Å². The molecule has 0 radical (unpaired) electrons. The van der Waals surface area contributed by atoms with Crippen molar-refractivity contribution in [3.05, 3.63) is 59.7 Å². The number of esters is 1. The summed E-state index contributed by atoms with van der Waals surface area (Å²) in [7, 11) is 0. The molecule has 130 valence electrons. The van der Waals surface area contributed by atoms with E-state index in [1.807, 2.05) is 19.1 Å². The fourth-order valence-electron chi connectivity index (χ4n) is 2.02. The standard InChI is InChI=1S/C19H19NO5/c1-13-4-3-5-17(10-13)24-12-19(23)25-11-18(22)20-16-8-6-15(7-9-16)14(2)21/h3-10H,11-12H2,1-2H3,(H,20,22). The number of ketones is 1. The van der Waals surface area contributed by atoms with E-state index in [4.69, 9.17) is 9.47 Å². The van der Waals surface area contributed by atoms with Crippen LogP contribution in [0.3, 0.4) is 0 Å². The molecule has 0 aliphatic heterocycles. The van der Waals surface area contributed by atoms with Gasteiger partial charge in [0.1, 0.15) is 5.75 Å². The molecule has 0 atom stereocenters. The number of rotatable bonds is 7. The Morgan fingerprint density at radius 3 is 2.36 bits per heavy atom. The number of Topliss-reactive ketones (excluding diaryl/α,β-unsaturated/α-hetero) is 1. The van der Waals surface area contributed by atoms with Gasteiger partial charge >= 0.3 is 5.97 Å². The third kappa shape index (κ3) is 6.10. The summed E-state index contributed by atoms with van der Waals surface area (Å²) in [5.41, 5.74) is 2.08. The summed E-state index contributed by atoms with van der Waals surface area (Å²) in [5, 5.41) is 2.58. The van der Waals surface area contributed by atoms with Crippen molar-refractivity contribution >= 4 is 23.3 Å². The predicted molar refractivity (Wildman–Crippen MR) is 92.7 cm³/mol. The van der Waals surface area contributed by atoms with Crippen LogP contribution in [0.2, 0.25) is 0 Å². The van der Waals surface area contributed by atoms with E-state index in [1.165, 1.54) is 6.92 Å². The van der Waals surface area contributed by atoms with E-state index in [0.29, 0.717) is 17.0 Å². The molecule has 0 bridgehead atoms. The molecule has 0 fully saturated rings. The van der Waals surface area contributed by atoms with Crippen LogP contribution in [0, 0.1) is 6.92 Å². The van der Waals surface area contributed by atoms with Gasteiger partial charge in [0, 0.05) is 11.3 Å². The number of hydrogen-bond donors (Lipinski definition) is 1. The van der Waals surface area contributed by atoms with E-state index in [1.54, 1.807) is 36.4 Å². The first-order valence-electron chi connectivity index (χ1n) is 7.70. The molecule has 0 saturated carbocycles. The number of carbonyl (C=O) groups is 3. The number of nitrogens with one attached hydrogen (secondary N) is 1. The maximum atomic E-state index is 11.8. The van der Waals surface area contributed by atoms with Gasteiger partial charge in [0.25, 0.3) is 5.91 Å². The van der Waals surface area contributed by atoms with Gasteiger partial charge in [0.2, 0.25) is 0 Å². The lowest BCUT2D eigenvalue weighted by Gasteiger charge is -2.08. The van der Waals surface area contributed by atoms with Crippen LogP contribution in [0.4, 0.5) is 5.69 Å². The van der Waals surface area contributed by atoms with Gasteiger partial charge in [-0.1, -0.05) is 12.1 Å². The van der Waals surface area contributed by atoms with Crippen molar-refractivity contribution in [2.45, 2.75) is 13.8 Å². The summed E-state index contributed by atoms with van der Waals surface area (Å²) in [4.78, 5) is 34.6. The molecule has 0 saturated heterocycles. The summed E-state index contributed by atoms with van der Waals surface area (Å²) < 4.78 is 10.2. The molecule has 25 heavy (non-hydrogen) atoms. The maximum absolute atomic E-state index is 11.8. The first-order valence-corrected chi connectivity index (χ1v) is 7.70. The lowest BCUT2D eigenvalue weighted by Crippen LogP contribution is -2.23. The molecule has 0 aliphatic rings. The highest BCUT2D eigenvalue weighted by atomic mass is 16.6. The fourth-order valence-corrected chi connectivity index (χ4v) is 2.02. The van der Waals surface area contributed by atoms with Crippen LogP contribution in [0.1, 0.15) is 22.8 Å². The summed E-state index contributed by atoms with van der Waals surface area (Å²) in [5.74, 6) is -0.601. The monoisotopic (exact) mass is 341 g/mol. The predicted octanol–water partition coefficient (Wildman–Crippen LogP) is 2.76. The van der Waals surface area contributed by atoms with Crippen molar-refractivity contribution in [1.82, 2.24) is 0 Å². The zero-order chi connectivity index (χ0) is 18.2. The molecule has 0 aromatic heterocycles. The Morgan fingerprint density at radius 2 is 1.72 bits per heavy atom. The van der Waals surface area contributed by atoms with Crippen molar-refractivity contribution in [3.8, 4) is 5.75 Å². The van der Waals surface area contributed by atoms with Gasteiger partial charge in [-0.15, -0.1) is 0 Å². The van der Waals surface area contributed by atoms with Crippen molar-refractivity contribution in [3.63, 3.8) is 0 Å². The van der Waals surface area contributed by atoms with Crippen LogP contribution in [-0.2, 0) is 14.3 Å². The van der Waals surface area contributed by atoms with Gasteiger partial charge in [-0.2, -0.15) is 0 Å². The lowest BCUT2D eigenvalue weighted by molar-refractivity contribution is -0.149. The normalized spacial score (nSPS) is 10.0. The Balaban J connectivity index is 1.73. The van der Waals surface area contributed by atoms with Gasteiger partial charge in [0.05, 0.1) is 0 Å². The number of anilines is 1. The largest absolute Gasteiger partial charge is 0.482 e. The van der Waals surface area contributed by atoms with E-state index < -0.39 is 18.5 Å². The molecule has 0 aliphatic carbocycles. The number of hydrogen-bond acceptors (Lipinski definition) is 5. The molecular formula is C19H19NO5. The van der Waals surface area contributed by atoms with Crippen molar-refractivity contribution in [2.24, 2.45) is 0 Å². The molecule has 2 rings (SSSR count). The van der Waals surface area contributed by atoms with Crippen LogP contribution in [0.5, 0.6) is 5.75 Å². The molecule has 0 unspecified atom stereocenters. The lowest BCUT2D eigenvalue weighted by atomic mass is 10.1. The molecule has 1 N–H and O–H groups in total. The summed E-state index contributed by atoms with van der Waals surface area (Å²) in [6.45, 7) is 2.69. The fraction of sp³-hybridized carbons (Fsp3) is 0.211. The Morgan fingerprint density at radius 1 is 1.00 bits per heavy atom. The Bertz CT molecular complexity index is 768.